The first-order valence-corrected chi connectivity index (χ1v) is 6.28. The summed E-state index contributed by atoms with van der Waals surface area (Å²) in [6.45, 7) is 1.86. The lowest BCUT2D eigenvalue weighted by Gasteiger charge is -2.09. The lowest BCUT2D eigenvalue weighted by Crippen LogP contribution is -2.09. The molecule has 0 amide bonds. The fourth-order valence-corrected chi connectivity index (χ4v) is 1.78. The molecule has 0 N–H and O–H groups in total. The van der Waals surface area contributed by atoms with Crippen LogP contribution >= 0.6 is 22.6 Å². The van der Waals surface area contributed by atoms with Crippen LogP contribution in [-0.2, 0) is 6.18 Å². The van der Waals surface area contributed by atoms with Crippen molar-refractivity contribution in [3.8, 4) is 11.8 Å². The normalized spacial score (nSPS) is 11.4. The molecule has 1 heterocycles. The molecule has 0 saturated carbocycles. The van der Waals surface area contributed by atoms with Gasteiger partial charge in [0.15, 0.2) is 5.69 Å². The second-order valence-electron chi connectivity index (χ2n) is 3.76. The minimum atomic E-state index is -4.51. The van der Waals surface area contributed by atoms with Gasteiger partial charge in [0.1, 0.15) is 5.75 Å². The van der Waals surface area contributed by atoms with Crippen molar-refractivity contribution in [3.63, 3.8) is 0 Å². The van der Waals surface area contributed by atoms with E-state index in [9.17, 15) is 13.2 Å². The van der Waals surface area contributed by atoms with E-state index in [2.05, 4.69) is 9.97 Å². The standard InChI is InChI=1S/C12H8F3IN2O/c1-7-2-3-8(16)9(6-7)19-11-17-5-4-10(18-11)12(13,14)15/h2-6H,1H3. The van der Waals surface area contributed by atoms with Crippen LogP contribution in [0.5, 0.6) is 11.8 Å². The first kappa shape index (κ1) is 14.0. The molecule has 3 nitrogen and oxygen atoms in total. The summed E-state index contributed by atoms with van der Waals surface area (Å²) in [5, 5.41) is 0. The number of hydrogen-bond acceptors (Lipinski definition) is 3. The van der Waals surface area contributed by atoms with E-state index in [1.54, 1.807) is 12.1 Å². The van der Waals surface area contributed by atoms with Gasteiger partial charge in [0, 0.05) is 6.20 Å². The number of aryl methyl sites for hydroxylation is 1. The van der Waals surface area contributed by atoms with Crippen molar-refractivity contribution >= 4 is 22.6 Å². The van der Waals surface area contributed by atoms with E-state index in [0.29, 0.717) is 5.75 Å². The zero-order valence-electron chi connectivity index (χ0n) is 9.70. The van der Waals surface area contributed by atoms with Gasteiger partial charge >= 0.3 is 12.2 Å². The highest BCUT2D eigenvalue weighted by molar-refractivity contribution is 14.1. The monoisotopic (exact) mass is 380 g/mol. The maximum absolute atomic E-state index is 12.5. The summed E-state index contributed by atoms with van der Waals surface area (Å²) in [5.74, 6) is 0.430. The van der Waals surface area contributed by atoms with Crippen molar-refractivity contribution in [1.29, 1.82) is 0 Å². The Bertz CT molecular complexity index is 602. The van der Waals surface area contributed by atoms with E-state index in [1.807, 2.05) is 35.6 Å². The summed E-state index contributed by atoms with van der Waals surface area (Å²) >= 11 is 2.03. The van der Waals surface area contributed by atoms with Crippen LogP contribution in [-0.4, -0.2) is 9.97 Å². The van der Waals surface area contributed by atoms with Gasteiger partial charge < -0.3 is 4.74 Å². The van der Waals surface area contributed by atoms with Crippen molar-refractivity contribution in [2.24, 2.45) is 0 Å². The summed E-state index contributed by atoms with van der Waals surface area (Å²) in [7, 11) is 0. The van der Waals surface area contributed by atoms with Gasteiger partial charge in [0.05, 0.1) is 3.57 Å². The van der Waals surface area contributed by atoms with E-state index in [4.69, 9.17) is 4.74 Å². The van der Waals surface area contributed by atoms with Crippen LogP contribution < -0.4 is 4.74 Å². The van der Waals surface area contributed by atoms with E-state index in [-0.39, 0.29) is 6.01 Å². The van der Waals surface area contributed by atoms with Crippen LogP contribution in [0, 0.1) is 10.5 Å². The lowest BCUT2D eigenvalue weighted by atomic mass is 10.2. The fourth-order valence-electron chi connectivity index (χ4n) is 1.34. The zero-order chi connectivity index (χ0) is 14.0. The Morgan fingerprint density at radius 3 is 2.63 bits per heavy atom. The smallest absolute Gasteiger partial charge is 0.423 e. The Labute approximate surface area is 121 Å². The molecular formula is C12H8F3IN2O. The molecule has 0 atom stereocenters. The number of halogens is 4. The summed E-state index contributed by atoms with van der Waals surface area (Å²) < 4.78 is 43.6. The second-order valence-corrected chi connectivity index (χ2v) is 4.92. The summed E-state index contributed by atoms with van der Waals surface area (Å²) in [4.78, 5) is 7.03. The molecule has 2 rings (SSSR count). The molecule has 2 aromatic rings. The minimum Gasteiger partial charge on any atom is -0.423 e. The van der Waals surface area contributed by atoms with Crippen molar-refractivity contribution in [2.45, 2.75) is 13.1 Å². The molecule has 0 fully saturated rings. The summed E-state index contributed by atoms with van der Waals surface area (Å²) in [6.07, 6.45) is -3.49. The first-order chi connectivity index (χ1) is 8.86. The quantitative estimate of drug-likeness (QED) is 0.733. The third-order valence-electron chi connectivity index (χ3n) is 2.21. The van der Waals surface area contributed by atoms with E-state index in [0.717, 1.165) is 21.4 Å². The van der Waals surface area contributed by atoms with Gasteiger partial charge in [0.25, 0.3) is 0 Å². The molecule has 1 aromatic heterocycles. The Morgan fingerprint density at radius 1 is 1.21 bits per heavy atom. The van der Waals surface area contributed by atoms with Gasteiger partial charge in [-0.3, -0.25) is 0 Å². The van der Waals surface area contributed by atoms with Gasteiger partial charge in [-0.1, -0.05) is 6.07 Å². The molecule has 100 valence electrons. The predicted octanol–water partition coefficient (Wildman–Crippen LogP) is 4.20. The molecule has 19 heavy (non-hydrogen) atoms. The molecule has 0 saturated heterocycles. The molecule has 0 spiro atoms. The Balaban J connectivity index is 2.31. The van der Waals surface area contributed by atoms with Crippen LogP contribution in [0.25, 0.3) is 0 Å². The largest absolute Gasteiger partial charge is 0.433 e. The summed E-state index contributed by atoms with van der Waals surface area (Å²) in [5.41, 5.74) is -0.0949. The van der Waals surface area contributed by atoms with E-state index < -0.39 is 11.9 Å². The van der Waals surface area contributed by atoms with Gasteiger partial charge in [-0.25, -0.2) is 4.98 Å². The van der Waals surface area contributed by atoms with Crippen molar-refractivity contribution in [3.05, 3.63) is 45.3 Å². The molecule has 0 aliphatic rings. The van der Waals surface area contributed by atoms with Crippen molar-refractivity contribution < 1.29 is 17.9 Å². The average molecular weight is 380 g/mol. The molecular weight excluding hydrogens is 372 g/mol. The number of benzene rings is 1. The van der Waals surface area contributed by atoms with Gasteiger partial charge in [0.2, 0.25) is 0 Å². The van der Waals surface area contributed by atoms with Crippen molar-refractivity contribution in [2.75, 3.05) is 0 Å². The molecule has 0 radical (unpaired) electrons. The number of alkyl halides is 3. The SMILES string of the molecule is Cc1ccc(I)c(Oc2nccc(C(F)(F)F)n2)c1. The minimum absolute atomic E-state index is 0.321. The Kier molecular flexibility index (Phi) is 3.93. The topological polar surface area (TPSA) is 35.0 Å². The maximum Gasteiger partial charge on any atom is 0.433 e. The number of nitrogens with zero attached hydrogens (tertiary/aromatic N) is 2. The fraction of sp³-hybridized carbons (Fsp3) is 0.167. The third-order valence-corrected chi connectivity index (χ3v) is 3.10. The van der Waals surface area contributed by atoms with Crippen LogP contribution in [0.1, 0.15) is 11.3 Å². The zero-order valence-corrected chi connectivity index (χ0v) is 11.9. The van der Waals surface area contributed by atoms with Crippen molar-refractivity contribution in [1.82, 2.24) is 9.97 Å². The van der Waals surface area contributed by atoms with Gasteiger partial charge in [-0.2, -0.15) is 18.2 Å². The Morgan fingerprint density at radius 2 is 1.95 bits per heavy atom. The van der Waals surface area contributed by atoms with Crippen LogP contribution in [0.4, 0.5) is 13.2 Å². The molecule has 7 heteroatoms. The molecule has 0 bridgehead atoms. The highest BCUT2D eigenvalue weighted by Crippen LogP contribution is 2.30. The van der Waals surface area contributed by atoms with E-state index in [1.165, 1.54) is 0 Å². The maximum atomic E-state index is 12.5. The summed E-state index contributed by atoms with van der Waals surface area (Å²) in [6, 6.07) is 5.87. The lowest BCUT2D eigenvalue weighted by molar-refractivity contribution is -0.141. The average Bonchev–Trinajstić information content (AvgIpc) is 2.33. The van der Waals surface area contributed by atoms with Crippen LogP contribution in [0.3, 0.4) is 0 Å². The predicted molar refractivity (Wildman–Crippen MR) is 71.0 cm³/mol. The van der Waals surface area contributed by atoms with Crippen LogP contribution in [0.15, 0.2) is 30.5 Å². The van der Waals surface area contributed by atoms with Gasteiger partial charge in [-0.05, 0) is 53.3 Å². The molecule has 1 aromatic carbocycles. The second kappa shape index (κ2) is 5.32. The highest BCUT2D eigenvalue weighted by atomic mass is 127. The number of rotatable bonds is 2. The molecule has 0 unspecified atom stereocenters. The number of aromatic nitrogens is 2. The Hall–Kier alpha value is -1.38. The van der Waals surface area contributed by atoms with E-state index >= 15 is 0 Å². The third kappa shape index (κ3) is 3.55. The van der Waals surface area contributed by atoms with Crippen LogP contribution in [0.2, 0.25) is 0 Å². The first-order valence-electron chi connectivity index (χ1n) is 5.20. The molecule has 0 aliphatic heterocycles. The highest BCUT2D eigenvalue weighted by Gasteiger charge is 2.33. The van der Waals surface area contributed by atoms with Gasteiger partial charge in [-0.15, -0.1) is 0 Å². The molecule has 0 aliphatic carbocycles. The number of hydrogen-bond donors (Lipinski definition) is 0. The number of ether oxygens (including phenoxy) is 1.